The summed E-state index contributed by atoms with van der Waals surface area (Å²) in [4.78, 5) is 23.2. The van der Waals surface area contributed by atoms with Crippen LogP contribution in [-0.4, -0.2) is 63.8 Å². The molecule has 9 nitrogen and oxygen atoms in total. The Labute approximate surface area is 231 Å². The lowest BCUT2D eigenvalue weighted by Gasteiger charge is -2.37. The maximum atomic E-state index is 14.9. The van der Waals surface area contributed by atoms with E-state index in [0.717, 1.165) is 0 Å². The molecule has 14 heteroatoms. The van der Waals surface area contributed by atoms with E-state index in [2.05, 4.69) is 20.6 Å². The van der Waals surface area contributed by atoms with Gasteiger partial charge in [-0.05, 0) is 37.0 Å². The van der Waals surface area contributed by atoms with Crippen molar-refractivity contribution in [2.45, 2.75) is 37.1 Å². The maximum Gasteiger partial charge on any atom is 0.301 e. The van der Waals surface area contributed by atoms with Gasteiger partial charge in [0.2, 0.25) is 11.7 Å². The first kappa shape index (κ1) is 26.9. The summed E-state index contributed by atoms with van der Waals surface area (Å²) in [6.45, 7) is -1.69. The van der Waals surface area contributed by atoms with E-state index >= 15 is 0 Å². The van der Waals surface area contributed by atoms with E-state index < -0.39 is 49.0 Å². The van der Waals surface area contributed by atoms with Crippen molar-refractivity contribution in [1.29, 1.82) is 0 Å². The minimum absolute atomic E-state index is 0.000817. The average Bonchev–Trinajstić information content (AvgIpc) is 3.76. The Morgan fingerprint density at radius 2 is 2.02 bits per heavy atom. The number of hydrogen-bond donors (Lipinski definition) is 3. The smallest absolute Gasteiger partial charge is 0.301 e. The number of aromatic nitrogens is 3. The minimum atomic E-state index is -3.16. The molecule has 0 amide bonds. The molecule has 0 spiro atoms. The molecule has 0 bridgehead atoms. The molecule has 40 heavy (non-hydrogen) atoms. The lowest BCUT2D eigenvalue weighted by atomic mass is 9.94. The molecule has 1 aliphatic carbocycles. The molecule has 3 aromatic rings. The number of ether oxygens (including phenoxy) is 1. The van der Waals surface area contributed by atoms with E-state index in [1.807, 2.05) is 0 Å². The molecule has 4 heterocycles. The monoisotopic (exact) mass is 582 g/mol. The molecule has 6 rings (SSSR count). The Kier molecular flexibility index (Phi) is 6.49. The van der Waals surface area contributed by atoms with Crippen molar-refractivity contribution >= 4 is 45.6 Å². The van der Waals surface area contributed by atoms with Gasteiger partial charge in [0.05, 0.1) is 36.0 Å². The fraction of sp³-hybridized carbons (Fsp3) is 0.500. The summed E-state index contributed by atoms with van der Waals surface area (Å²) >= 11 is 6.35. The number of hydrogen-bond acceptors (Lipinski definition) is 8. The van der Waals surface area contributed by atoms with Crippen molar-refractivity contribution in [3.63, 3.8) is 0 Å². The number of pyridine rings is 1. The standard InChI is InChI=1S/C26H27ClF4N6O3/c1-36-18-5-4-15(8-16(18)19-20(23(36)39)40-12-26(30,31)21(34-19)13-2-3-13)33-22-17(27)9-32-24(35-22)37-7-6-25(28,29)14(10-37)11-38/h4-5,8-9,13-14,21,34,38H,2-3,6-7,10-12H2,1H3,(H,32,33,35)/t14-,21+/m1/s1. The number of nitrogens with one attached hydrogen (secondary N) is 2. The molecule has 1 aromatic carbocycles. The molecule has 2 aliphatic heterocycles. The van der Waals surface area contributed by atoms with Crippen molar-refractivity contribution in [3.05, 3.63) is 39.8 Å². The number of benzene rings is 1. The summed E-state index contributed by atoms with van der Waals surface area (Å²) in [5.74, 6) is -7.41. The van der Waals surface area contributed by atoms with E-state index in [1.54, 1.807) is 23.1 Å². The molecule has 0 unspecified atom stereocenters. The van der Waals surface area contributed by atoms with Crippen molar-refractivity contribution < 1.29 is 27.4 Å². The maximum absolute atomic E-state index is 14.9. The number of rotatable bonds is 5. The van der Waals surface area contributed by atoms with Crippen LogP contribution in [0.5, 0.6) is 5.75 Å². The number of halogens is 5. The summed E-state index contributed by atoms with van der Waals surface area (Å²) in [7, 11) is 1.54. The largest absolute Gasteiger partial charge is 0.480 e. The first-order valence-corrected chi connectivity index (χ1v) is 13.3. The highest BCUT2D eigenvalue weighted by Gasteiger charge is 2.51. The van der Waals surface area contributed by atoms with Crippen LogP contribution < -0.4 is 25.8 Å². The lowest BCUT2D eigenvalue weighted by Crippen LogP contribution is -2.49. The second-order valence-electron chi connectivity index (χ2n) is 10.6. The third kappa shape index (κ3) is 4.68. The van der Waals surface area contributed by atoms with E-state index in [9.17, 15) is 27.5 Å². The molecule has 214 valence electrons. The zero-order chi connectivity index (χ0) is 28.4. The van der Waals surface area contributed by atoms with Gasteiger partial charge >= 0.3 is 5.92 Å². The second kappa shape index (κ2) is 9.65. The fourth-order valence-corrected chi connectivity index (χ4v) is 5.51. The number of piperidine rings is 1. The van der Waals surface area contributed by atoms with Crippen LogP contribution in [0, 0.1) is 11.8 Å². The van der Waals surface area contributed by atoms with Gasteiger partial charge in [-0.25, -0.2) is 22.5 Å². The molecule has 3 aliphatic rings. The van der Waals surface area contributed by atoms with Crippen LogP contribution in [-0.2, 0) is 7.05 Å². The third-order valence-electron chi connectivity index (χ3n) is 7.86. The molecule has 1 saturated heterocycles. The Bertz CT molecular complexity index is 1530. The van der Waals surface area contributed by atoms with Crippen LogP contribution in [0.3, 0.4) is 0 Å². The van der Waals surface area contributed by atoms with Gasteiger partial charge in [0.15, 0.2) is 12.4 Å². The van der Waals surface area contributed by atoms with Gasteiger partial charge in [0.25, 0.3) is 11.5 Å². The van der Waals surface area contributed by atoms with E-state index in [-0.39, 0.29) is 47.2 Å². The molecule has 1 saturated carbocycles. The predicted molar refractivity (Wildman–Crippen MR) is 142 cm³/mol. The van der Waals surface area contributed by atoms with Crippen molar-refractivity contribution in [2.24, 2.45) is 18.9 Å². The summed E-state index contributed by atoms with van der Waals surface area (Å²) < 4.78 is 64.7. The quantitative estimate of drug-likeness (QED) is 0.381. The van der Waals surface area contributed by atoms with E-state index in [0.29, 0.717) is 29.4 Å². The predicted octanol–water partition coefficient (Wildman–Crippen LogP) is 4.40. The average molecular weight is 583 g/mol. The van der Waals surface area contributed by atoms with Crippen molar-refractivity contribution in [2.75, 3.05) is 41.8 Å². The molecule has 0 radical (unpaired) electrons. The molecule has 2 atom stereocenters. The summed E-state index contributed by atoms with van der Waals surface area (Å²) in [6.07, 6.45) is 2.24. The number of alkyl halides is 4. The minimum Gasteiger partial charge on any atom is -0.480 e. The second-order valence-corrected chi connectivity index (χ2v) is 11.0. The van der Waals surface area contributed by atoms with E-state index in [1.165, 1.54) is 17.8 Å². The van der Waals surface area contributed by atoms with Gasteiger partial charge in [-0.15, -0.1) is 0 Å². The molecule has 2 fully saturated rings. The lowest BCUT2D eigenvalue weighted by molar-refractivity contribution is -0.0881. The van der Waals surface area contributed by atoms with Gasteiger partial charge < -0.3 is 29.9 Å². The van der Waals surface area contributed by atoms with Crippen molar-refractivity contribution in [3.8, 4) is 5.75 Å². The molecule has 2 aromatic heterocycles. The number of nitrogens with zero attached hydrogens (tertiary/aromatic N) is 4. The Balaban J connectivity index is 1.35. The highest BCUT2D eigenvalue weighted by molar-refractivity contribution is 6.33. The highest BCUT2D eigenvalue weighted by Crippen LogP contribution is 2.45. The molecular weight excluding hydrogens is 556 g/mol. The third-order valence-corrected chi connectivity index (χ3v) is 8.14. The first-order chi connectivity index (χ1) is 19.0. The summed E-state index contributed by atoms with van der Waals surface area (Å²) in [6, 6.07) is 3.86. The van der Waals surface area contributed by atoms with E-state index in [4.69, 9.17) is 16.3 Å². The summed E-state index contributed by atoms with van der Waals surface area (Å²) in [5, 5.41) is 16.1. The molecular formula is C26H27ClF4N6O3. The van der Waals surface area contributed by atoms with Gasteiger partial charge in [0.1, 0.15) is 5.02 Å². The van der Waals surface area contributed by atoms with Gasteiger partial charge in [-0.3, -0.25) is 4.79 Å². The van der Waals surface area contributed by atoms with Gasteiger partial charge in [-0.1, -0.05) is 11.6 Å². The number of aliphatic hydroxyl groups excluding tert-OH is 1. The van der Waals surface area contributed by atoms with Gasteiger partial charge in [0, 0.05) is 37.6 Å². The number of fused-ring (bicyclic) bond motifs is 3. The normalized spacial score (nSPS) is 23.6. The summed E-state index contributed by atoms with van der Waals surface area (Å²) in [5.41, 5.74) is 0.664. The Hall–Kier alpha value is -3.32. The van der Waals surface area contributed by atoms with Crippen LogP contribution in [0.1, 0.15) is 19.3 Å². The van der Waals surface area contributed by atoms with Crippen LogP contribution in [0.15, 0.2) is 29.2 Å². The van der Waals surface area contributed by atoms with Crippen LogP contribution in [0.2, 0.25) is 5.02 Å². The Morgan fingerprint density at radius 3 is 2.75 bits per heavy atom. The Morgan fingerprint density at radius 1 is 1.25 bits per heavy atom. The SMILES string of the molecule is Cn1c(=O)c2c(c3cc(Nc4nc(N5CCC(F)(F)[C@@H](CO)C5)ncc4Cl)ccc31)N[C@@H](C1CC1)C(F)(F)CO2. The zero-order valence-corrected chi connectivity index (χ0v) is 22.2. The zero-order valence-electron chi connectivity index (χ0n) is 21.4. The number of anilines is 4. The van der Waals surface area contributed by atoms with Crippen LogP contribution >= 0.6 is 11.6 Å². The van der Waals surface area contributed by atoms with Gasteiger partial charge in [-0.2, -0.15) is 4.98 Å². The topological polar surface area (TPSA) is 105 Å². The van der Waals surface area contributed by atoms with Crippen LogP contribution in [0.25, 0.3) is 10.9 Å². The number of aliphatic hydroxyl groups is 1. The molecule has 3 N–H and O–H groups in total. The first-order valence-electron chi connectivity index (χ1n) is 13.0. The van der Waals surface area contributed by atoms with Crippen LogP contribution in [0.4, 0.5) is 40.7 Å². The highest BCUT2D eigenvalue weighted by atomic mass is 35.5. The number of aryl methyl sites for hydroxylation is 1. The van der Waals surface area contributed by atoms with Crippen molar-refractivity contribution in [1.82, 2.24) is 14.5 Å². The fourth-order valence-electron chi connectivity index (χ4n) is 5.37.